The fourth-order valence-corrected chi connectivity index (χ4v) is 1.82. The van der Waals surface area contributed by atoms with Gasteiger partial charge in [0.15, 0.2) is 6.29 Å². The second-order valence-electron chi connectivity index (χ2n) is 4.10. The molecule has 0 heterocycles. The highest BCUT2D eigenvalue weighted by molar-refractivity contribution is 6.13. The SMILES string of the molecule is O=CC(O)(C(=O)c1ccccc1O)c1ccccc1. The highest BCUT2D eigenvalue weighted by Crippen LogP contribution is 2.27. The van der Waals surface area contributed by atoms with Crippen molar-refractivity contribution in [3.8, 4) is 5.75 Å². The van der Waals surface area contributed by atoms with E-state index in [0.717, 1.165) is 0 Å². The third-order valence-corrected chi connectivity index (χ3v) is 2.88. The Morgan fingerprint density at radius 2 is 1.58 bits per heavy atom. The number of Topliss-reactive ketones (excluding diaryl/α,β-unsaturated/α-hetero) is 1. The zero-order valence-electron chi connectivity index (χ0n) is 9.98. The van der Waals surface area contributed by atoms with Gasteiger partial charge in [-0.3, -0.25) is 9.59 Å². The van der Waals surface area contributed by atoms with Crippen LogP contribution in [-0.4, -0.2) is 22.3 Å². The molecule has 0 amide bonds. The number of ketones is 1. The highest BCUT2D eigenvalue weighted by Gasteiger charge is 2.39. The van der Waals surface area contributed by atoms with E-state index >= 15 is 0 Å². The summed E-state index contributed by atoms with van der Waals surface area (Å²) in [4.78, 5) is 23.5. The first-order valence-electron chi connectivity index (χ1n) is 5.66. The van der Waals surface area contributed by atoms with Crippen molar-refractivity contribution >= 4 is 12.1 Å². The lowest BCUT2D eigenvalue weighted by Gasteiger charge is -2.21. The minimum absolute atomic E-state index is 0.0963. The van der Waals surface area contributed by atoms with Crippen LogP contribution in [0.3, 0.4) is 0 Å². The summed E-state index contributed by atoms with van der Waals surface area (Å²) in [6.45, 7) is 0. The van der Waals surface area contributed by atoms with E-state index in [2.05, 4.69) is 0 Å². The van der Waals surface area contributed by atoms with Gasteiger partial charge >= 0.3 is 0 Å². The molecule has 2 N–H and O–H groups in total. The number of phenols is 1. The molecule has 0 radical (unpaired) electrons. The van der Waals surface area contributed by atoms with E-state index < -0.39 is 11.4 Å². The van der Waals surface area contributed by atoms with Crippen molar-refractivity contribution in [1.82, 2.24) is 0 Å². The van der Waals surface area contributed by atoms with Crippen molar-refractivity contribution in [2.75, 3.05) is 0 Å². The lowest BCUT2D eigenvalue weighted by molar-refractivity contribution is -0.120. The van der Waals surface area contributed by atoms with Gasteiger partial charge in [0, 0.05) is 0 Å². The first kappa shape index (κ1) is 13.0. The number of carbonyl (C=O) groups is 2. The number of aromatic hydroxyl groups is 1. The molecule has 2 aromatic carbocycles. The van der Waals surface area contributed by atoms with E-state index in [-0.39, 0.29) is 23.2 Å². The van der Waals surface area contributed by atoms with Crippen LogP contribution in [0, 0.1) is 0 Å². The molecule has 0 saturated carbocycles. The fraction of sp³-hybridized carbons (Fsp3) is 0.0667. The van der Waals surface area contributed by atoms with Gasteiger partial charge in [0.1, 0.15) is 5.75 Å². The second-order valence-corrected chi connectivity index (χ2v) is 4.10. The number of para-hydroxylation sites is 1. The Morgan fingerprint density at radius 1 is 1.00 bits per heavy atom. The van der Waals surface area contributed by atoms with Crippen LogP contribution >= 0.6 is 0 Å². The molecule has 4 nitrogen and oxygen atoms in total. The lowest BCUT2D eigenvalue weighted by Crippen LogP contribution is -2.37. The van der Waals surface area contributed by atoms with E-state index in [1.165, 1.54) is 24.3 Å². The molecule has 1 unspecified atom stereocenters. The summed E-state index contributed by atoms with van der Waals surface area (Å²) in [6.07, 6.45) is 0.178. The van der Waals surface area contributed by atoms with Crippen molar-refractivity contribution in [1.29, 1.82) is 0 Å². The van der Waals surface area contributed by atoms with E-state index in [0.29, 0.717) is 0 Å². The van der Waals surface area contributed by atoms with Gasteiger partial charge < -0.3 is 10.2 Å². The first-order chi connectivity index (χ1) is 9.09. The highest BCUT2D eigenvalue weighted by atomic mass is 16.3. The summed E-state index contributed by atoms with van der Waals surface area (Å²) in [5, 5.41) is 19.9. The van der Waals surface area contributed by atoms with Crippen molar-refractivity contribution in [3.63, 3.8) is 0 Å². The zero-order chi connectivity index (χ0) is 13.9. The molecule has 0 aliphatic rings. The third kappa shape index (κ3) is 2.26. The van der Waals surface area contributed by atoms with Crippen LogP contribution in [0.1, 0.15) is 15.9 Å². The molecule has 0 spiro atoms. The molecule has 0 bridgehead atoms. The summed E-state index contributed by atoms with van der Waals surface area (Å²) in [6, 6.07) is 13.7. The summed E-state index contributed by atoms with van der Waals surface area (Å²) in [5.41, 5.74) is -2.22. The van der Waals surface area contributed by atoms with Gasteiger partial charge in [-0.25, -0.2) is 0 Å². The number of phenolic OH excluding ortho intramolecular Hbond substituents is 1. The number of hydrogen-bond donors (Lipinski definition) is 2. The average molecular weight is 256 g/mol. The average Bonchev–Trinajstić information content (AvgIpc) is 2.47. The van der Waals surface area contributed by atoms with Gasteiger partial charge in [-0.15, -0.1) is 0 Å². The molecular weight excluding hydrogens is 244 g/mol. The number of aliphatic hydroxyl groups is 1. The first-order valence-corrected chi connectivity index (χ1v) is 5.66. The third-order valence-electron chi connectivity index (χ3n) is 2.88. The van der Waals surface area contributed by atoms with Crippen molar-refractivity contribution in [2.24, 2.45) is 0 Å². The molecule has 0 aliphatic carbocycles. The van der Waals surface area contributed by atoms with Crippen molar-refractivity contribution in [3.05, 3.63) is 65.7 Å². The number of benzene rings is 2. The molecular formula is C15H12O4. The number of hydrogen-bond acceptors (Lipinski definition) is 4. The topological polar surface area (TPSA) is 74.6 Å². The molecule has 2 aromatic rings. The molecule has 0 fully saturated rings. The summed E-state index contributed by atoms with van der Waals surface area (Å²) < 4.78 is 0. The van der Waals surface area contributed by atoms with Gasteiger partial charge in [0.2, 0.25) is 11.4 Å². The van der Waals surface area contributed by atoms with Crippen LogP contribution < -0.4 is 0 Å². The maximum Gasteiger partial charge on any atom is 0.210 e. The lowest BCUT2D eigenvalue weighted by atomic mass is 9.87. The predicted molar refractivity (Wildman–Crippen MR) is 68.8 cm³/mol. The quantitative estimate of drug-likeness (QED) is 0.495. The number of rotatable bonds is 4. The van der Waals surface area contributed by atoms with Gasteiger partial charge in [-0.05, 0) is 17.7 Å². The number of aldehydes is 1. The Morgan fingerprint density at radius 3 is 2.16 bits per heavy atom. The fourth-order valence-electron chi connectivity index (χ4n) is 1.82. The molecule has 1 atom stereocenters. The minimum Gasteiger partial charge on any atom is -0.507 e. The van der Waals surface area contributed by atoms with Crippen molar-refractivity contribution < 1.29 is 19.8 Å². The van der Waals surface area contributed by atoms with Crippen LogP contribution in [0.15, 0.2) is 54.6 Å². The molecule has 96 valence electrons. The Hall–Kier alpha value is -2.46. The summed E-state index contributed by atoms with van der Waals surface area (Å²) in [5.74, 6) is -1.13. The summed E-state index contributed by atoms with van der Waals surface area (Å²) >= 11 is 0. The zero-order valence-corrected chi connectivity index (χ0v) is 9.98. The Labute approximate surface area is 109 Å². The molecule has 0 saturated heterocycles. The van der Waals surface area contributed by atoms with Gasteiger partial charge in [0.25, 0.3) is 0 Å². The van der Waals surface area contributed by atoms with Crippen LogP contribution in [0.25, 0.3) is 0 Å². The predicted octanol–water partition coefficient (Wildman–Crippen LogP) is 1.66. The maximum absolute atomic E-state index is 12.3. The van der Waals surface area contributed by atoms with E-state index in [1.54, 1.807) is 30.3 Å². The second kappa shape index (κ2) is 5.04. The smallest absolute Gasteiger partial charge is 0.210 e. The van der Waals surface area contributed by atoms with Crippen LogP contribution in [0.2, 0.25) is 0 Å². The molecule has 19 heavy (non-hydrogen) atoms. The Balaban J connectivity index is 2.51. The monoisotopic (exact) mass is 256 g/mol. The Bertz CT molecular complexity index is 607. The van der Waals surface area contributed by atoms with Crippen molar-refractivity contribution in [2.45, 2.75) is 5.60 Å². The maximum atomic E-state index is 12.3. The largest absolute Gasteiger partial charge is 0.507 e. The Kier molecular flexibility index (Phi) is 3.44. The van der Waals surface area contributed by atoms with Gasteiger partial charge in [-0.2, -0.15) is 0 Å². The van der Waals surface area contributed by atoms with Gasteiger partial charge in [0.05, 0.1) is 5.56 Å². The molecule has 4 heteroatoms. The molecule has 2 rings (SSSR count). The molecule has 0 aromatic heterocycles. The number of carbonyl (C=O) groups excluding carboxylic acids is 2. The van der Waals surface area contributed by atoms with Crippen LogP contribution in [0.5, 0.6) is 5.75 Å². The van der Waals surface area contributed by atoms with Gasteiger partial charge in [-0.1, -0.05) is 42.5 Å². The normalized spacial score (nSPS) is 13.5. The van der Waals surface area contributed by atoms with E-state index in [4.69, 9.17) is 0 Å². The van der Waals surface area contributed by atoms with E-state index in [9.17, 15) is 19.8 Å². The standard InChI is InChI=1S/C15H12O4/c16-10-15(19,11-6-2-1-3-7-11)14(18)12-8-4-5-9-13(12)17/h1-10,17,19H. The molecule has 0 aliphatic heterocycles. The summed E-state index contributed by atoms with van der Waals surface area (Å²) in [7, 11) is 0. The minimum atomic E-state index is -2.29. The van der Waals surface area contributed by atoms with Crippen LogP contribution in [-0.2, 0) is 10.4 Å². The van der Waals surface area contributed by atoms with E-state index in [1.807, 2.05) is 0 Å². The van der Waals surface area contributed by atoms with Crippen LogP contribution in [0.4, 0.5) is 0 Å².